The van der Waals surface area contributed by atoms with E-state index in [0.29, 0.717) is 0 Å². The summed E-state index contributed by atoms with van der Waals surface area (Å²) in [7, 11) is 0. The van der Waals surface area contributed by atoms with E-state index in [0.717, 1.165) is 0 Å². The van der Waals surface area contributed by atoms with Gasteiger partial charge in [0.2, 0.25) is 0 Å². The lowest BCUT2D eigenvalue weighted by Gasteiger charge is -2.13. The molecule has 0 atom stereocenters. The number of benzene rings is 5. The van der Waals surface area contributed by atoms with E-state index in [2.05, 4.69) is 111 Å². The van der Waals surface area contributed by atoms with Crippen molar-refractivity contribution in [3.63, 3.8) is 0 Å². The molecule has 0 aromatic heterocycles. The van der Waals surface area contributed by atoms with Gasteiger partial charge >= 0.3 is 0 Å². The molecule has 0 radical (unpaired) electrons. The fourth-order valence-corrected chi connectivity index (χ4v) is 4.27. The van der Waals surface area contributed by atoms with E-state index in [1.54, 1.807) is 0 Å². The summed E-state index contributed by atoms with van der Waals surface area (Å²) in [5, 5.41) is 5.19. The Hall–Kier alpha value is -3.38. The van der Waals surface area contributed by atoms with Gasteiger partial charge in [-0.25, -0.2) is 0 Å². The molecule has 0 aliphatic heterocycles. The van der Waals surface area contributed by atoms with Gasteiger partial charge in [-0.1, -0.05) is 91.0 Å². The Labute approximate surface area is 166 Å². The van der Waals surface area contributed by atoms with Crippen molar-refractivity contribution < 1.29 is 0 Å². The molecule has 0 aliphatic rings. The van der Waals surface area contributed by atoms with Gasteiger partial charge in [-0.05, 0) is 74.8 Å². The SMILES string of the molecule is Cc1cc(-c2cccc3ccccc23)cc(-c2cc(C)cc3ccccc23)c1. The summed E-state index contributed by atoms with van der Waals surface area (Å²) in [6.07, 6.45) is 0. The summed E-state index contributed by atoms with van der Waals surface area (Å²) >= 11 is 0. The molecule has 5 rings (SSSR count). The van der Waals surface area contributed by atoms with Crippen LogP contribution in [0.25, 0.3) is 43.8 Å². The van der Waals surface area contributed by atoms with E-state index in [4.69, 9.17) is 0 Å². The minimum atomic E-state index is 1.28. The van der Waals surface area contributed by atoms with Gasteiger partial charge in [0.15, 0.2) is 0 Å². The van der Waals surface area contributed by atoms with E-state index < -0.39 is 0 Å². The van der Waals surface area contributed by atoms with Crippen molar-refractivity contribution in [3.05, 3.63) is 108 Å². The molecular weight excluding hydrogens is 336 g/mol. The lowest BCUT2D eigenvalue weighted by molar-refractivity contribution is 1.45. The number of rotatable bonds is 2. The standard InChI is InChI=1S/C28H22/c1-19-15-23(27-13-7-10-21-8-3-5-11-25(21)27)18-24(16-19)28-17-20(2)14-22-9-4-6-12-26(22)28/h3-18H,1-2H3. The van der Waals surface area contributed by atoms with Crippen LogP contribution < -0.4 is 0 Å². The molecule has 28 heavy (non-hydrogen) atoms. The molecule has 0 saturated heterocycles. The maximum Gasteiger partial charge on any atom is -0.0102 e. The number of aryl methyl sites for hydroxylation is 2. The molecule has 0 amide bonds. The van der Waals surface area contributed by atoms with Crippen LogP contribution in [0.2, 0.25) is 0 Å². The second kappa shape index (κ2) is 6.65. The molecule has 0 heterocycles. The predicted octanol–water partition coefficient (Wildman–Crippen LogP) is 7.94. The fourth-order valence-electron chi connectivity index (χ4n) is 4.27. The van der Waals surface area contributed by atoms with Gasteiger partial charge in [-0.15, -0.1) is 0 Å². The van der Waals surface area contributed by atoms with Crippen LogP contribution in [0.3, 0.4) is 0 Å². The molecule has 5 aromatic carbocycles. The highest BCUT2D eigenvalue weighted by Crippen LogP contribution is 2.35. The third kappa shape index (κ3) is 2.88. The average Bonchev–Trinajstić information content (AvgIpc) is 2.72. The van der Waals surface area contributed by atoms with E-state index in [-0.39, 0.29) is 0 Å². The van der Waals surface area contributed by atoms with Crippen molar-refractivity contribution in [1.82, 2.24) is 0 Å². The Morgan fingerprint density at radius 1 is 0.429 bits per heavy atom. The molecule has 0 aliphatic carbocycles. The number of fused-ring (bicyclic) bond motifs is 2. The lowest BCUT2D eigenvalue weighted by Crippen LogP contribution is -1.88. The largest absolute Gasteiger partial charge is 0.0616 e. The zero-order chi connectivity index (χ0) is 19.1. The lowest BCUT2D eigenvalue weighted by atomic mass is 9.91. The molecule has 0 N–H and O–H groups in total. The second-order valence-corrected chi connectivity index (χ2v) is 7.65. The van der Waals surface area contributed by atoms with Crippen molar-refractivity contribution in [1.29, 1.82) is 0 Å². The first kappa shape index (κ1) is 16.8. The zero-order valence-corrected chi connectivity index (χ0v) is 16.2. The van der Waals surface area contributed by atoms with Gasteiger partial charge in [0.1, 0.15) is 0 Å². The zero-order valence-electron chi connectivity index (χ0n) is 16.2. The molecule has 0 saturated carbocycles. The third-order valence-electron chi connectivity index (χ3n) is 5.50. The Morgan fingerprint density at radius 2 is 1.00 bits per heavy atom. The van der Waals surface area contributed by atoms with Crippen molar-refractivity contribution in [2.24, 2.45) is 0 Å². The molecule has 0 fully saturated rings. The van der Waals surface area contributed by atoms with Gasteiger partial charge in [-0.2, -0.15) is 0 Å². The minimum Gasteiger partial charge on any atom is -0.0616 e. The van der Waals surface area contributed by atoms with Crippen LogP contribution in [-0.4, -0.2) is 0 Å². The van der Waals surface area contributed by atoms with Crippen molar-refractivity contribution in [2.75, 3.05) is 0 Å². The Kier molecular flexibility index (Phi) is 3.98. The number of hydrogen-bond donors (Lipinski definition) is 0. The minimum absolute atomic E-state index is 1.28. The van der Waals surface area contributed by atoms with Crippen LogP contribution in [0.1, 0.15) is 11.1 Å². The van der Waals surface area contributed by atoms with E-state index in [1.807, 2.05) is 0 Å². The van der Waals surface area contributed by atoms with E-state index >= 15 is 0 Å². The van der Waals surface area contributed by atoms with Crippen molar-refractivity contribution >= 4 is 21.5 Å². The van der Waals surface area contributed by atoms with Crippen molar-refractivity contribution in [2.45, 2.75) is 13.8 Å². The van der Waals surface area contributed by atoms with Gasteiger partial charge in [0.25, 0.3) is 0 Å². The quantitative estimate of drug-likeness (QED) is 0.300. The highest BCUT2D eigenvalue weighted by molar-refractivity contribution is 6.00. The summed E-state index contributed by atoms with van der Waals surface area (Å²) in [6, 6.07) is 35.4. The molecule has 5 aromatic rings. The van der Waals surface area contributed by atoms with Crippen LogP contribution in [0.15, 0.2) is 97.1 Å². The highest BCUT2D eigenvalue weighted by atomic mass is 14.1. The maximum absolute atomic E-state index is 2.34. The first-order valence-corrected chi connectivity index (χ1v) is 9.79. The van der Waals surface area contributed by atoms with Gasteiger partial charge in [0.05, 0.1) is 0 Å². The molecular formula is C28H22. The molecule has 0 nitrogen and oxygen atoms in total. The summed E-state index contributed by atoms with van der Waals surface area (Å²) < 4.78 is 0. The Balaban J connectivity index is 1.78. The summed E-state index contributed by atoms with van der Waals surface area (Å²) in [5.41, 5.74) is 7.73. The topological polar surface area (TPSA) is 0 Å². The third-order valence-corrected chi connectivity index (χ3v) is 5.50. The van der Waals surface area contributed by atoms with E-state index in [1.165, 1.54) is 54.9 Å². The first-order valence-electron chi connectivity index (χ1n) is 9.79. The Bertz CT molecular complexity index is 1320. The molecule has 134 valence electrons. The van der Waals surface area contributed by atoms with Crippen LogP contribution in [0.4, 0.5) is 0 Å². The smallest absolute Gasteiger partial charge is 0.0102 e. The summed E-state index contributed by atoms with van der Waals surface area (Å²) in [6.45, 7) is 4.37. The maximum atomic E-state index is 2.34. The average molecular weight is 358 g/mol. The summed E-state index contributed by atoms with van der Waals surface area (Å²) in [5.74, 6) is 0. The predicted molar refractivity (Wildman–Crippen MR) is 122 cm³/mol. The normalized spacial score (nSPS) is 11.2. The second-order valence-electron chi connectivity index (χ2n) is 7.65. The van der Waals surface area contributed by atoms with Crippen LogP contribution >= 0.6 is 0 Å². The highest BCUT2D eigenvalue weighted by Gasteiger charge is 2.10. The van der Waals surface area contributed by atoms with Crippen LogP contribution in [0.5, 0.6) is 0 Å². The van der Waals surface area contributed by atoms with Gasteiger partial charge in [-0.3, -0.25) is 0 Å². The van der Waals surface area contributed by atoms with Gasteiger partial charge < -0.3 is 0 Å². The van der Waals surface area contributed by atoms with Crippen molar-refractivity contribution in [3.8, 4) is 22.3 Å². The molecule has 0 spiro atoms. The van der Waals surface area contributed by atoms with Crippen LogP contribution in [-0.2, 0) is 0 Å². The molecule has 0 unspecified atom stereocenters. The Morgan fingerprint density at radius 3 is 1.79 bits per heavy atom. The molecule has 0 bridgehead atoms. The van der Waals surface area contributed by atoms with Crippen LogP contribution in [0, 0.1) is 13.8 Å². The van der Waals surface area contributed by atoms with E-state index in [9.17, 15) is 0 Å². The van der Waals surface area contributed by atoms with Gasteiger partial charge in [0, 0.05) is 0 Å². The number of hydrogen-bond acceptors (Lipinski definition) is 0. The summed E-state index contributed by atoms with van der Waals surface area (Å²) in [4.78, 5) is 0. The molecule has 0 heteroatoms. The monoisotopic (exact) mass is 358 g/mol. The fraction of sp³-hybridized carbons (Fsp3) is 0.0714. The first-order chi connectivity index (χ1) is 13.7.